The molecule has 1 aromatic rings. The summed E-state index contributed by atoms with van der Waals surface area (Å²) >= 11 is 0. The van der Waals surface area contributed by atoms with E-state index >= 15 is 0 Å². The first kappa shape index (κ1) is 52.5. The van der Waals surface area contributed by atoms with Crippen LogP contribution in [-0.2, 0) is 35.2 Å². The van der Waals surface area contributed by atoms with Crippen LogP contribution in [0.4, 0.5) is 0 Å². The topological polar surface area (TPSA) is 295 Å². The molecule has 2 rings (SSSR count). The number of nitrogens with one attached hydrogen (secondary N) is 6. The molecule has 0 spiro atoms. The van der Waals surface area contributed by atoms with Gasteiger partial charge in [-0.05, 0) is 87.8 Å². The molecule has 1 aromatic carbocycles. The quantitative estimate of drug-likeness (QED) is 0.0397. The lowest BCUT2D eigenvalue weighted by Crippen LogP contribution is -2.61. The Morgan fingerprint density at radius 2 is 1.40 bits per heavy atom. The fourth-order valence-corrected chi connectivity index (χ4v) is 7.02. The second-order valence-electron chi connectivity index (χ2n) is 17.3. The molecule has 1 aliphatic heterocycles. The highest BCUT2D eigenvalue weighted by atomic mass is 16.4. The number of amides is 5. The number of hydrogen-bond donors (Lipinski definition) is 10. The molecule has 19 heteroatoms. The van der Waals surface area contributed by atoms with Gasteiger partial charge in [0.15, 0.2) is 11.9 Å². The third-order valence-electron chi connectivity index (χ3n) is 10.3. The van der Waals surface area contributed by atoms with Crippen molar-refractivity contribution >= 4 is 47.4 Å². The Bertz CT molecular complexity index is 1680. The molecule has 12 N–H and O–H groups in total. The third-order valence-corrected chi connectivity index (χ3v) is 10.3. The van der Waals surface area contributed by atoms with Gasteiger partial charge < -0.3 is 58.5 Å². The van der Waals surface area contributed by atoms with E-state index in [2.05, 4.69) is 41.9 Å². The molecule has 0 bridgehead atoms. The molecule has 0 radical (unpaired) electrons. The van der Waals surface area contributed by atoms with Gasteiger partial charge in [0.25, 0.3) is 0 Å². The molecule has 1 aliphatic rings. The number of benzene rings is 1. The maximum Gasteiger partial charge on any atom is 0.326 e. The number of aromatic hydroxyl groups is 1. The Labute approximate surface area is 366 Å². The number of phenols is 1. The number of hydrogen-bond acceptors (Lipinski definition) is 9. The van der Waals surface area contributed by atoms with Gasteiger partial charge in [0.2, 0.25) is 29.5 Å². The number of aliphatic imine (C=N–C) groups is 2. The second kappa shape index (κ2) is 26.0. The van der Waals surface area contributed by atoms with E-state index < -0.39 is 71.1 Å². The van der Waals surface area contributed by atoms with Crippen molar-refractivity contribution < 1.29 is 39.0 Å². The standard InChI is InChI=1S/C43H73N11O8/c1-9-46-42(47-10-2)49-22-11-14-27(5)35(56)50-30(15-12-21-48-41(44)45)39(60)54-23-13-16-33(54)37(58)51-31(25-28-17-19-29(55)20-18-28)36(57)53-34(43(6,7)8)38(59)52-32(40(61)62)24-26(3)4/h17-20,26-27,30-34,55H,9-16,21-25H2,1-8H3,(H,50,56)(H,51,58)(H,52,59)(H,53,57)(H,61,62)(H4,44,45,48)(H2,46,47,49)/t27-,30-,31-,32-,33-,34+/m0/s1. The Morgan fingerprint density at radius 1 is 0.806 bits per heavy atom. The molecule has 0 aromatic heterocycles. The van der Waals surface area contributed by atoms with Crippen molar-refractivity contribution in [3.8, 4) is 5.75 Å². The molecule has 19 nitrogen and oxygen atoms in total. The summed E-state index contributed by atoms with van der Waals surface area (Å²) in [5.41, 5.74) is 10.7. The minimum Gasteiger partial charge on any atom is -0.508 e. The zero-order chi connectivity index (χ0) is 46.6. The van der Waals surface area contributed by atoms with Gasteiger partial charge in [0, 0.05) is 45.1 Å². The van der Waals surface area contributed by atoms with Crippen molar-refractivity contribution in [1.82, 2.24) is 36.8 Å². The van der Waals surface area contributed by atoms with Crippen molar-refractivity contribution in [2.75, 3.05) is 32.7 Å². The molecule has 1 fully saturated rings. The predicted molar refractivity (Wildman–Crippen MR) is 239 cm³/mol. The molecule has 6 atom stereocenters. The first-order valence-electron chi connectivity index (χ1n) is 21.8. The normalized spacial score (nSPS) is 16.1. The Morgan fingerprint density at radius 3 is 1.97 bits per heavy atom. The molecule has 62 heavy (non-hydrogen) atoms. The van der Waals surface area contributed by atoms with E-state index in [1.54, 1.807) is 39.8 Å². The number of carbonyl (C=O) groups excluding carboxylic acids is 5. The van der Waals surface area contributed by atoms with E-state index in [0.29, 0.717) is 56.8 Å². The number of nitrogens with two attached hydrogens (primary N) is 2. The highest BCUT2D eigenvalue weighted by molar-refractivity contribution is 5.96. The summed E-state index contributed by atoms with van der Waals surface area (Å²) in [6.07, 6.45) is 2.62. The van der Waals surface area contributed by atoms with Gasteiger partial charge >= 0.3 is 5.97 Å². The van der Waals surface area contributed by atoms with Gasteiger partial charge in [-0.3, -0.25) is 34.0 Å². The summed E-state index contributed by atoms with van der Waals surface area (Å²) in [4.78, 5) is 91.8. The smallest absolute Gasteiger partial charge is 0.326 e. The van der Waals surface area contributed by atoms with Crippen molar-refractivity contribution in [1.29, 1.82) is 0 Å². The van der Waals surface area contributed by atoms with E-state index in [-0.39, 0.29) is 62.3 Å². The lowest BCUT2D eigenvalue weighted by atomic mass is 9.85. The van der Waals surface area contributed by atoms with Gasteiger partial charge in [0.05, 0.1) is 0 Å². The van der Waals surface area contributed by atoms with Crippen molar-refractivity contribution in [2.24, 2.45) is 38.7 Å². The average Bonchev–Trinajstić information content (AvgIpc) is 3.69. The van der Waals surface area contributed by atoms with Crippen LogP contribution < -0.4 is 43.4 Å². The van der Waals surface area contributed by atoms with Crippen molar-refractivity contribution in [3.63, 3.8) is 0 Å². The highest BCUT2D eigenvalue weighted by Gasteiger charge is 2.41. The molecule has 0 unspecified atom stereocenters. The number of phenolic OH excluding ortho intramolecular Hbond substituents is 1. The summed E-state index contributed by atoms with van der Waals surface area (Å²) in [6, 6.07) is 0.470. The molecule has 0 saturated carbocycles. The van der Waals surface area contributed by atoms with Gasteiger partial charge in [-0.25, -0.2) is 4.79 Å². The Balaban J connectivity index is 2.34. The van der Waals surface area contributed by atoms with E-state index in [9.17, 15) is 39.0 Å². The zero-order valence-corrected chi connectivity index (χ0v) is 37.9. The number of rotatable bonds is 24. The summed E-state index contributed by atoms with van der Waals surface area (Å²) in [7, 11) is 0. The van der Waals surface area contributed by atoms with Gasteiger partial charge in [-0.15, -0.1) is 0 Å². The van der Waals surface area contributed by atoms with E-state index in [0.717, 1.165) is 0 Å². The zero-order valence-electron chi connectivity index (χ0n) is 37.9. The summed E-state index contributed by atoms with van der Waals surface area (Å²) in [5, 5.41) is 37.1. The molecule has 1 heterocycles. The maximum atomic E-state index is 14.3. The number of carboxylic acids is 1. The summed E-state index contributed by atoms with van der Waals surface area (Å²) in [6.45, 7) is 16.9. The maximum absolute atomic E-state index is 14.3. The van der Waals surface area contributed by atoms with E-state index in [1.807, 2.05) is 27.7 Å². The SMILES string of the molecule is CCNC(=NCCC[C@H](C)C(=O)N[C@@H](CCCN=C(N)N)C(=O)N1CCC[C@H]1C(=O)N[C@@H](Cc1ccc(O)cc1)C(=O)N[C@H](C(=O)N[C@@H](CC(C)C)C(=O)O)C(C)(C)C)NCC. The minimum atomic E-state index is -1.25. The van der Waals surface area contributed by atoms with Gasteiger partial charge in [-0.1, -0.05) is 53.7 Å². The molecule has 0 aliphatic carbocycles. The molecule has 5 amide bonds. The van der Waals surface area contributed by atoms with Crippen LogP contribution in [0.2, 0.25) is 0 Å². The summed E-state index contributed by atoms with van der Waals surface area (Å²) < 4.78 is 0. The van der Waals surface area contributed by atoms with Crippen LogP contribution in [-0.4, -0.2) is 125 Å². The fraction of sp³-hybridized carbons (Fsp3) is 0.674. The van der Waals surface area contributed by atoms with Crippen LogP contribution in [0, 0.1) is 17.3 Å². The van der Waals surface area contributed by atoms with Crippen LogP contribution in [0.5, 0.6) is 5.75 Å². The Kier molecular flexibility index (Phi) is 22.0. The van der Waals surface area contributed by atoms with Crippen LogP contribution in [0.25, 0.3) is 0 Å². The molecule has 1 saturated heterocycles. The number of aliphatic carboxylic acids is 1. The first-order valence-corrected chi connectivity index (χ1v) is 21.8. The largest absolute Gasteiger partial charge is 0.508 e. The molecule has 348 valence electrons. The van der Waals surface area contributed by atoms with Crippen molar-refractivity contribution in [3.05, 3.63) is 29.8 Å². The highest BCUT2D eigenvalue weighted by Crippen LogP contribution is 2.23. The first-order chi connectivity index (χ1) is 29.2. The third kappa shape index (κ3) is 18.2. The minimum absolute atomic E-state index is 0.000224. The van der Waals surface area contributed by atoms with Gasteiger partial charge in [-0.2, -0.15) is 0 Å². The number of carbonyl (C=O) groups is 6. The second-order valence-corrected chi connectivity index (χ2v) is 17.3. The number of guanidine groups is 2. The fourth-order valence-electron chi connectivity index (χ4n) is 7.02. The molecular formula is C43H73N11O8. The van der Waals surface area contributed by atoms with Crippen LogP contribution in [0.1, 0.15) is 106 Å². The van der Waals surface area contributed by atoms with Crippen molar-refractivity contribution in [2.45, 2.75) is 137 Å². The Hall–Kier alpha value is -5.62. The van der Waals surface area contributed by atoms with Crippen LogP contribution in [0.15, 0.2) is 34.3 Å². The van der Waals surface area contributed by atoms with Crippen LogP contribution in [0.3, 0.4) is 0 Å². The molecular weight excluding hydrogens is 799 g/mol. The lowest BCUT2D eigenvalue weighted by Gasteiger charge is -2.33. The lowest BCUT2D eigenvalue weighted by molar-refractivity contribution is -0.144. The predicted octanol–water partition coefficient (Wildman–Crippen LogP) is 1.09. The average molecular weight is 872 g/mol. The summed E-state index contributed by atoms with van der Waals surface area (Å²) in [5.74, 6) is -3.89. The van der Waals surface area contributed by atoms with E-state index in [1.165, 1.54) is 17.0 Å². The number of carboxylic acid groups (broad SMARTS) is 1. The van der Waals surface area contributed by atoms with E-state index in [4.69, 9.17) is 11.5 Å². The number of nitrogens with zero attached hydrogens (tertiary/aromatic N) is 3. The monoisotopic (exact) mass is 872 g/mol. The van der Waals surface area contributed by atoms with Gasteiger partial charge in [0.1, 0.15) is 36.0 Å². The van der Waals surface area contributed by atoms with Crippen LogP contribution >= 0.6 is 0 Å². The number of likely N-dealkylation sites (tertiary alicyclic amines) is 1.